The normalized spacial score (nSPS) is 18.9. The van der Waals surface area contributed by atoms with E-state index < -0.39 is 0 Å². The first-order valence-electron chi connectivity index (χ1n) is 12.7. The highest BCUT2D eigenvalue weighted by atomic mass is 32.1. The number of ether oxygens (including phenoxy) is 2. The summed E-state index contributed by atoms with van der Waals surface area (Å²) in [5.41, 5.74) is 4.55. The highest BCUT2D eigenvalue weighted by molar-refractivity contribution is 7.10. The van der Waals surface area contributed by atoms with E-state index in [2.05, 4.69) is 16.0 Å². The van der Waals surface area contributed by atoms with E-state index in [4.69, 9.17) is 9.47 Å². The number of likely N-dealkylation sites (tertiary alicyclic amines) is 2. The predicted molar refractivity (Wildman–Crippen MR) is 150 cm³/mol. The quantitative estimate of drug-likeness (QED) is 0.331. The Bertz CT molecular complexity index is 1530. The van der Waals surface area contributed by atoms with E-state index in [0.29, 0.717) is 41.7 Å². The van der Waals surface area contributed by atoms with Gasteiger partial charge in [0.15, 0.2) is 0 Å². The van der Waals surface area contributed by atoms with E-state index in [9.17, 15) is 14.9 Å². The fourth-order valence-corrected chi connectivity index (χ4v) is 6.25. The maximum Gasteiger partial charge on any atom is 0.264 e. The molecule has 202 valence electrons. The number of amides is 1. The van der Waals surface area contributed by atoms with Gasteiger partial charge in [0.2, 0.25) is 0 Å². The van der Waals surface area contributed by atoms with Crippen LogP contribution in [0.5, 0.6) is 11.5 Å². The third-order valence-electron chi connectivity index (χ3n) is 7.90. The van der Waals surface area contributed by atoms with Gasteiger partial charge in [0.1, 0.15) is 28.1 Å². The zero-order chi connectivity index (χ0) is 27.8. The molecule has 4 heterocycles. The van der Waals surface area contributed by atoms with Crippen molar-refractivity contribution in [2.75, 3.05) is 27.3 Å². The van der Waals surface area contributed by atoms with E-state index in [1.54, 1.807) is 38.1 Å². The zero-order valence-electron chi connectivity index (χ0n) is 22.7. The van der Waals surface area contributed by atoms with Crippen molar-refractivity contribution in [3.05, 3.63) is 67.5 Å². The molecule has 2 bridgehead atoms. The summed E-state index contributed by atoms with van der Waals surface area (Å²) >= 11 is 1.40. The smallest absolute Gasteiger partial charge is 0.264 e. The Kier molecular flexibility index (Phi) is 7.30. The minimum absolute atomic E-state index is 0.0102. The maximum absolute atomic E-state index is 13.2. The highest BCUT2D eigenvalue weighted by Gasteiger charge is 2.46. The van der Waals surface area contributed by atoms with Gasteiger partial charge < -0.3 is 18.9 Å². The van der Waals surface area contributed by atoms with Crippen molar-refractivity contribution in [3.63, 3.8) is 0 Å². The van der Waals surface area contributed by atoms with Crippen molar-refractivity contribution >= 4 is 23.3 Å². The number of hydrogen-bond acceptors (Lipinski definition) is 8. The number of carbonyl (C=O) groups excluding carboxylic acids is 1. The lowest BCUT2D eigenvalue weighted by Gasteiger charge is -2.34. The summed E-state index contributed by atoms with van der Waals surface area (Å²) in [4.78, 5) is 33.9. The van der Waals surface area contributed by atoms with E-state index in [-0.39, 0.29) is 29.1 Å². The molecule has 2 aliphatic heterocycles. The summed E-state index contributed by atoms with van der Waals surface area (Å²) in [7, 11) is 5.05. The Morgan fingerprint density at radius 3 is 2.46 bits per heavy atom. The van der Waals surface area contributed by atoms with Crippen LogP contribution >= 0.6 is 11.3 Å². The number of pyridine rings is 1. The van der Waals surface area contributed by atoms with Gasteiger partial charge in [0, 0.05) is 67.7 Å². The van der Waals surface area contributed by atoms with Crippen molar-refractivity contribution in [3.8, 4) is 28.7 Å². The van der Waals surface area contributed by atoms with Crippen LogP contribution in [0.15, 0.2) is 40.3 Å². The van der Waals surface area contributed by atoms with Crippen molar-refractivity contribution in [2.24, 2.45) is 7.05 Å². The van der Waals surface area contributed by atoms with Crippen LogP contribution in [0.25, 0.3) is 17.2 Å². The van der Waals surface area contributed by atoms with Crippen LogP contribution in [0.3, 0.4) is 0 Å². The molecule has 9 nitrogen and oxygen atoms in total. The second kappa shape index (κ2) is 10.7. The largest absolute Gasteiger partial charge is 0.496 e. The van der Waals surface area contributed by atoms with Gasteiger partial charge in [-0.25, -0.2) is 4.98 Å². The molecule has 1 aromatic carbocycles. The first-order valence-corrected chi connectivity index (χ1v) is 13.6. The molecule has 2 atom stereocenters. The molecule has 0 spiro atoms. The van der Waals surface area contributed by atoms with Crippen LogP contribution in [0.2, 0.25) is 0 Å². The van der Waals surface area contributed by atoms with Gasteiger partial charge in [-0.2, -0.15) is 5.26 Å². The molecule has 5 rings (SSSR count). The van der Waals surface area contributed by atoms with Gasteiger partial charge in [-0.05, 0) is 49.6 Å². The number of benzene rings is 1. The summed E-state index contributed by atoms with van der Waals surface area (Å²) < 4.78 is 13.3. The molecule has 0 radical (unpaired) electrons. The van der Waals surface area contributed by atoms with Gasteiger partial charge >= 0.3 is 0 Å². The number of nitrogens with zero attached hydrogens (tertiary/aromatic N) is 5. The van der Waals surface area contributed by atoms with Gasteiger partial charge in [-0.15, -0.1) is 11.3 Å². The third-order valence-corrected chi connectivity index (χ3v) is 8.62. The van der Waals surface area contributed by atoms with Crippen LogP contribution in [0.1, 0.15) is 28.1 Å². The fourth-order valence-electron chi connectivity index (χ4n) is 5.68. The summed E-state index contributed by atoms with van der Waals surface area (Å²) in [5.74, 6) is 1.19. The van der Waals surface area contributed by atoms with Gasteiger partial charge in [-0.3, -0.25) is 14.5 Å². The summed E-state index contributed by atoms with van der Waals surface area (Å²) in [6.07, 6.45) is 5.94. The van der Waals surface area contributed by atoms with Crippen molar-refractivity contribution < 1.29 is 14.3 Å². The Hall–Kier alpha value is -3.94. The predicted octanol–water partition coefficient (Wildman–Crippen LogP) is 3.54. The molecule has 3 aromatic rings. The monoisotopic (exact) mass is 545 g/mol. The van der Waals surface area contributed by atoms with Crippen LogP contribution in [0, 0.1) is 25.2 Å². The molecule has 2 saturated heterocycles. The number of piperazine rings is 1. The molecule has 2 aliphatic rings. The minimum atomic E-state index is -0.234. The lowest BCUT2D eigenvalue weighted by Crippen LogP contribution is -2.48. The molecule has 2 aromatic heterocycles. The first kappa shape index (κ1) is 26.7. The van der Waals surface area contributed by atoms with Gasteiger partial charge in [0.25, 0.3) is 11.5 Å². The number of rotatable bonds is 7. The molecular weight excluding hydrogens is 514 g/mol. The molecule has 39 heavy (non-hydrogen) atoms. The number of thiazole rings is 1. The third kappa shape index (κ3) is 4.84. The average molecular weight is 546 g/mol. The molecule has 10 heteroatoms. The van der Waals surface area contributed by atoms with Crippen molar-refractivity contribution in [1.29, 1.82) is 5.26 Å². The molecular formula is C29H31N5O4S. The molecule has 0 N–H and O–H groups in total. The van der Waals surface area contributed by atoms with Crippen LogP contribution in [0.4, 0.5) is 0 Å². The summed E-state index contributed by atoms with van der Waals surface area (Å²) in [6, 6.07) is 6.28. The number of carbonyl (C=O) groups is 1. The highest BCUT2D eigenvalue weighted by Crippen LogP contribution is 2.40. The molecule has 1 amide bonds. The minimum Gasteiger partial charge on any atom is -0.496 e. The SMILES string of the molecule is COc1cc(-c2cn(C)c(=O)c(C)c2C)cc(OC)c1CN1CC2CC1CN2C(=O)/C(C#N)=C/c1nccs1. The first-order chi connectivity index (χ1) is 18.7. The summed E-state index contributed by atoms with van der Waals surface area (Å²) in [5, 5.41) is 12.1. The van der Waals surface area contributed by atoms with Crippen molar-refractivity contribution in [1.82, 2.24) is 19.4 Å². The lowest BCUT2D eigenvalue weighted by atomic mass is 9.97. The zero-order valence-corrected chi connectivity index (χ0v) is 23.5. The van der Waals surface area contributed by atoms with E-state index in [0.717, 1.165) is 28.7 Å². The van der Waals surface area contributed by atoms with Crippen LogP contribution < -0.4 is 15.0 Å². The lowest BCUT2D eigenvalue weighted by molar-refractivity contribution is -0.128. The molecule has 2 unspecified atom stereocenters. The molecule has 0 aliphatic carbocycles. The Labute approximate surface area is 231 Å². The topological polar surface area (TPSA) is 101 Å². The number of methoxy groups -OCH3 is 2. The standard InChI is InChI=1S/C29H31N5O4S/c1-17-18(2)28(35)32(3)15-23(17)19-8-25(37-4)24(26(9-19)38-5)16-33-13-22-11-21(33)14-34(22)29(36)20(12-30)10-27-31-6-7-39-27/h6-10,15,21-22H,11,13-14,16H2,1-5H3/b20-10+. The fraction of sp³-hybridized carbons (Fsp3) is 0.379. The Morgan fingerprint density at radius 2 is 1.90 bits per heavy atom. The van der Waals surface area contributed by atoms with Crippen LogP contribution in [-0.4, -0.2) is 64.7 Å². The number of hydrogen-bond donors (Lipinski definition) is 0. The molecule has 2 fully saturated rings. The van der Waals surface area contributed by atoms with Gasteiger partial charge in [-0.1, -0.05) is 0 Å². The number of nitriles is 1. The number of aromatic nitrogens is 2. The van der Waals surface area contributed by atoms with E-state index in [1.807, 2.05) is 42.5 Å². The maximum atomic E-state index is 13.2. The van der Waals surface area contributed by atoms with Crippen molar-refractivity contribution in [2.45, 2.75) is 38.9 Å². The Balaban J connectivity index is 1.37. The summed E-state index contributed by atoms with van der Waals surface area (Å²) in [6.45, 7) is 5.69. The van der Waals surface area contributed by atoms with Crippen LogP contribution in [-0.2, 0) is 18.4 Å². The van der Waals surface area contributed by atoms with E-state index >= 15 is 0 Å². The second-order valence-electron chi connectivity index (χ2n) is 10.0. The number of fused-ring (bicyclic) bond motifs is 2. The number of aryl methyl sites for hydroxylation is 1. The Morgan fingerprint density at radius 1 is 1.18 bits per heavy atom. The van der Waals surface area contributed by atoms with Gasteiger partial charge in [0.05, 0.1) is 19.8 Å². The second-order valence-corrected chi connectivity index (χ2v) is 11.0. The average Bonchev–Trinajstić information content (AvgIpc) is 3.70. The van der Waals surface area contributed by atoms with E-state index in [1.165, 1.54) is 11.3 Å². The molecule has 0 saturated carbocycles.